The van der Waals surface area contributed by atoms with Gasteiger partial charge in [-0.2, -0.15) is 0 Å². The quantitative estimate of drug-likeness (QED) is 0.804. The van der Waals surface area contributed by atoms with Crippen LogP contribution >= 0.6 is 23.1 Å². The highest BCUT2D eigenvalue weighted by atomic mass is 32.2. The summed E-state index contributed by atoms with van der Waals surface area (Å²) in [6.07, 6.45) is 7.86. The Labute approximate surface area is 132 Å². The first kappa shape index (κ1) is 13.9. The molecule has 6 heteroatoms. The second-order valence-electron chi connectivity index (χ2n) is 5.90. The third-order valence-electron chi connectivity index (χ3n) is 4.26. The Balaban J connectivity index is 1.68. The molecule has 0 aromatic carbocycles. The molecule has 0 N–H and O–H groups in total. The Hall–Kier alpha value is -0.720. The van der Waals surface area contributed by atoms with E-state index in [9.17, 15) is 0 Å². The summed E-state index contributed by atoms with van der Waals surface area (Å²) in [7, 11) is 0. The van der Waals surface area contributed by atoms with E-state index in [0.717, 1.165) is 48.3 Å². The summed E-state index contributed by atoms with van der Waals surface area (Å²) in [6, 6.07) is 0. The molecule has 3 heterocycles. The van der Waals surface area contributed by atoms with Gasteiger partial charge in [0.15, 0.2) is 9.99 Å². The van der Waals surface area contributed by atoms with E-state index in [2.05, 4.69) is 11.2 Å². The minimum absolute atomic E-state index is 0.652. The summed E-state index contributed by atoms with van der Waals surface area (Å²) >= 11 is 3.45. The predicted octanol–water partition coefficient (Wildman–Crippen LogP) is 3.65. The zero-order chi connectivity index (χ0) is 14.2. The number of fused-ring (bicyclic) bond motifs is 1. The van der Waals surface area contributed by atoms with E-state index in [0.29, 0.717) is 11.8 Å². The van der Waals surface area contributed by atoms with Gasteiger partial charge in [0.2, 0.25) is 0 Å². The molecule has 21 heavy (non-hydrogen) atoms. The summed E-state index contributed by atoms with van der Waals surface area (Å²) in [4.78, 5) is 14.3. The summed E-state index contributed by atoms with van der Waals surface area (Å²) < 4.78 is 7.76. The van der Waals surface area contributed by atoms with E-state index in [1.165, 1.54) is 23.2 Å². The molecule has 4 rings (SSSR count). The van der Waals surface area contributed by atoms with Crippen LogP contribution in [0.2, 0.25) is 0 Å². The molecule has 2 aromatic heterocycles. The highest BCUT2D eigenvalue weighted by Crippen LogP contribution is 2.44. The van der Waals surface area contributed by atoms with Crippen LogP contribution in [0.1, 0.15) is 43.1 Å². The molecule has 1 saturated carbocycles. The van der Waals surface area contributed by atoms with E-state index in [1.807, 2.05) is 0 Å². The molecule has 1 aliphatic heterocycles. The SMILES string of the molecule is CSc1nc2nc(CC3CCOCC3)nc(C3CC3)c2s1. The second-order valence-corrected chi connectivity index (χ2v) is 7.95. The Morgan fingerprint density at radius 1 is 1.14 bits per heavy atom. The fourth-order valence-corrected chi connectivity index (χ4v) is 4.46. The van der Waals surface area contributed by atoms with Gasteiger partial charge in [-0.25, -0.2) is 15.0 Å². The molecule has 2 aliphatic rings. The summed E-state index contributed by atoms with van der Waals surface area (Å²) in [6.45, 7) is 1.77. The van der Waals surface area contributed by atoms with Crippen LogP contribution in [0.25, 0.3) is 10.3 Å². The lowest BCUT2D eigenvalue weighted by atomic mass is 9.96. The molecule has 0 spiro atoms. The fourth-order valence-electron chi connectivity index (χ4n) is 2.89. The molecular weight excluding hydrogens is 302 g/mol. The average Bonchev–Trinajstić information content (AvgIpc) is 3.27. The van der Waals surface area contributed by atoms with E-state index in [-0.39, 0.29) is 0 Å². The van der Waals surface area contributed by atoms with Crippen molar-refractivity contribution in [3.8, 4) is 0 Å². The number of rotatable bonds is 4. The Kier molecular flexibility index (Phi) is 3.85. The zero-order valence-corrected chi connectivity index (χ0v) is 13.8. The number of hydrogen-bond acceptors (Lipinski definition) is 6. The minimum Gasteiger partial charge on any atom is -0.381 e. The van der Waals surface area contributed by atoms with Crippen molar-refractivity contribution in [3.63, 3.8) is 0 Å². The summed E-state index contributed by atoms with van der Waals surface area (Å²) in [5.41, 5.74) is 2.18. The third kappa shape index (κ3) is 2.94. The van der Waals surface area contributed by atoms with Crippen LogP contribution in [-0.2, 0) is 11.2 Å². The number of hydrogen-bond donors (Lipinski definition) is 0. The highest BCUT2D eigenvalue weighted by Gasteiger charge is 2.29. The molecular formula is C15H19N3OS2. The van der Waals surface area contributed by atoms with Crippen LogP contribution in [0.15, 0.2) is 4.34 Å². The molecule has 1 saturated heterocycles. The van der Waals surface area contributed by atoms with Gasteiger partial charge in [-0.3, -0.25) is 0 Å². The Morgan fingerprint density at radius 3 is 2.67 bits per heavy atom. The van der Waals surface area contributed by atoms with Crippen LogP contribution in [0.3, 0.4) is 0 Å². The topological polar surface area (TPSA) is 47.9 Å². The average molecular weight is 321 g/mol. The molecule has 4 nitrogen and oxygen atoms in total. The maximum absolute atomic E-state index is 5.44. The number of aromatic nitrogens is 3. The zero-order valence-electron chi connectivity index (χ0n) is 12.2. The van der Waals surface area contributed by atoms with Gasteiger partial charge in [0.05, 0.1) is 10.4 Å². The largest absolute Gasteiger partial charge is 0.381 e. The van der Waals surface area contributed by atoms with Crippen molar-refractivity contribution in [1.29, 1.82) is 0 Å². The molecule has 0 bridgehead atoms. The van der Waals surface area contributed by atoms with Crippen LogP contribution in [0.4, 0.5) is 0 Å². The normalized spacial score (nSPS) is 20.2. The van der Waals surface area contributed by atoms with E-state index in [4.69, 9.17) is 14.7 Å². The third-order valence-corrected chi connectivity index (χ3v) is 6.31. The van der Waals surface area contributed by atoms with Crippen LogP contribution < -0.4 is 0 Å². The maximum atomic E-state index is 5.44. The minimum atomic E-state index is 0.652. The first-order chi connectivity index (χ1) is 10.3. The van der Waals surface area contributed by atoms with Crippen molar-refractivity contribution >= 4 is 33.4 Å². The van der Waals surface area contributed by atoms with Crippen molar-refractivity contribution in [3.05, 3.63) is 11.5 Å². The van der Waals surface area contributed by atoms with Gasteiger partial charge in [-0.1, -0.05) is 11.8 Å². The monoisotopic (exact) mass is 321 g/mol. The number of ether oxygens (including phenoxy) is 1. The number of thiazole rings is 1. The van der Waals surface area contributed by atoms with Gasteiger partial charge in [0.1, 0.15) is 5.82 Å². The van der Waals surface area contributed by atoms with Crippen LogP contribution in [0.5, 0.6) is 0 Å². The van der Waals surface area contributed by atoms with E-state index >= 15 is 0 Å². The summed E-state index contributed by atoms with van der Waals surface area (Å²) in [5.74, 6) is 2.32. The van der Waals surface area contributed by atoms with Gasteiger partial charge in [-0.05, 0) is 37.9 Å². The van der Waals surface area contributed by atoms with Crippen molar-refractivity contribution in [2.75, 3.05) is 19.5 Å². The first-order valence-corrected chi connectivity index (χ1v) is 9.66. The predicted molar refractivity (Wildman–Crippen MR) is 86.2 cm³/mol. The fraction of sp³-hybridized carbons (Fsp3) is 0.667. The van der Waals surface area contributed by atoms with Crippen molar-refractivity contribution in [2.45, 2.75) is 42.4 Å². The van der Waals surface area contributed by atoms with Crippen LogP contribution in [-0.4, -0.2) is 34.4 Å². The van der Waals surface area contributed by atoms with Gasteiger partial charge in [-0.15, -0.1) is 11.3 Å². The van der Waals surface area contributed by atoms with Gasteiger partial charge >= 0.3 is 0 Å². The maximum Gasteiger partial charge on any atom is 0.175 e. The van der Waals surface area contributed by atoms with Crippen molar-refractivity contribution in [1.82, 2.24) is 15.0 Å². The molecule has 0 radical (unpaired) electrons. The standard InChI is InChI=1S/C15H19N3OS2/c1-20-15-18-14-13(21-15)12(10-2-3-10)16-11(17-14)8-9-4-6-19-7-5-9/h9-10H,2-8H2,1H3. The lowest BCUT2D eigenvalue weighted by molar-refractivity contribution is 0.0660. The van der Waals surface area contributed by atoms with Gasteiger partial charge in [0.25, 0.3) is 0 Å². The number of thioether (sulfide) groups is 1. The molecule has 0 unspecified atom stereocenters. The summed E-state index contributed by atoms with van der Waals surface area (Å²) in [5, 5.41) is 0. The Morgan fingerprint density at radius 2 is 1.95 bits per heavy atom. The highest BCUT2D eigenvalue weighted by molar-refractivity contribution is 8.00. The molecule has 112 valence electrons. The molecule has 2 aromatic rings. The van der Waals surface area contributed by atoms with Crippen molar-refractivity contribution < 1.29 is 4.74 Å². The Bertz CT molecular complexity index is 648. The van der Waals surface area contributed by atoms with Gasteiger partial charge in [0, 0.05) is 25.6 Å². The van der Waals surface area contributed by atoms with Gasteiger partial charge < -0.3 is 4.74 Å². The van der Waals surface area contributed by atoms with E-state index < -0.39 is 0 Å². The van der Waals surface area contributed by atoms with Crippen LogP contribution in [0, 0.1) is 5.92 Å². The smallest absolute Gasteiger partial charge is 0.175 e. The van der Waals surface area contributed by atoms with Crippen molar-refractivity contribution in [2.24, 2.45) is 5.92 Å². The lowest BCUT2D eigenvalue weighted by Crippen LogP contribution is -2.18. The molecule has 2 fully saturated rings. The molecule has 0 atom stereocenters. The number of nitrogens with zero attached hydrogens (tertiary/aromatic N) is 3. The molecule has 0 amide bonds. The second kappa shape index (κ2) is 5.82. The lowest BCUT2D eigenvalue weighted by Gasteiger charge is -2.21. The molecule has 1 aliphatic carbocycles. The first-order valence-electron chi connectivity index (χ1n) is 7.62. The van der Waals surface area contributed by atoms with E-state index in [1.54, 1.807) is 23.1 Å².